The Morgan fingerprint density at radius 3 is 2.11 bits per heavy atom. The topological polar surface area (TPSA) is 59.1 Å². The van der Waals surface area contributed by atoms with Crippen LogP contribution in [0.4, 0.5) is 0 Å². The summed E-state index contributed by atoms with van der Waals surface area (Å²) in [6, 6.07) is -0.116. The summed E-state index contributed by atoms with van der Waals surface area (Å²) in [5.41, 5.74) is 0. The molecule has 2 fully saturated rings. The second-order valence-electron chi connectivity index (χ2n) is 5.64. The van der Waals surface area contributed by atoms with Crippen LogP contribution >= 0.6 is 0 Å². The summed E-state index contributed by atoms with van der Waals surface area (Å²) in [6.45, 7) is 9.32. The quantitative estimate of drug-likeness (QED) is 0.741. The van der Waals surface area contributed by atoms with E-state index >= 15 is 0 Å². The second-order valence-corrected chi connectivity index (χ2v) is 7.53. The minimum Gasteiger partial charge on any atom is -0.375 e. The second kappa shape index (κ2) is 5.65. The molecule has 4 atom stereocenters. The summed E-state index contributed by atoms with van der Waals surface area (Å²) in [4.78, 5) is 0. The zero-order valence-electron chi connectivity index (χ0n) is 12.1. The number of ether oxygens (including phenoxy) is 2. The largest absolute Gasteiger partial charge is 0.375 e. The summed E-state index contributed by atoms with van der Waals surface area (Å²) in [5.74, 6) is 0. The highest BCUT2D eigenvalue weighted by Crippen LogP contribution is 2.22. The molecular formula is C12H24N2O4S. The van der Waals surface area contributed by atoms with Gasteiger partial charge in [-0.25, -0.2) is 0 Å². The van der Waals surface area contributed by atoms with Crippen LogP contribution in [0.5, 0.6) is 0 Å². The van der Waals surface area contributed by atoms with Gasteiger partial charge in [0.2, 0.25) is 0 Å². The Morgan fingerprint density at radius 2 is 1.53 bits per heavy atom. The average Bonchev–Trinajstić information content (AvgIpc) is 2.31. The third-order valence-corrected chi connectivity index (χ3v) is 5.61. The monoisotopic (exact) mass is 292 g/mol. The molecule has 2 aliphatic heterocycles. The van der Waals surface area contributed by atoms with Crippen molar-refractivity contribution >= 4 is 10.2 Å². The summed E-state index contributed by atoms with van der Waals surface area (Å²) in [6.07, 6.45) is -0.179. The van der Waals surface area contributed by atoms with Gasteiger partial charge >= 0.3 is 0 Å². The molecule has 19 heavy (non-hydrogen) atoms. The van der Waals surface area contributed by atoms with Crippen molar-refractivity contribution in [2.75, 3.05) is 26.2 Å². The molecule has 0 bridgehead atoms. The van der Waals surface area contributed by atoms with E-state index in [0.717, 1.165) is 0 Å². The summed E-state index contributed by atoms with van der Waals surface area (Å²) < 4.78 is 39.7. The van der Waals surface area contributed by atoms with E-state index in [1.807, 2.05) is 27.7 Å². The maximum atomic E-state index is 12.7. The van der Waals surface area contributed by atoms with E-state index in [1.54, 1.807) is 8.61 Å². The van der Waals surface area contributed by atoms with Crippen LogP contribution < -0.4 is 0 Å². The SMILES string of the molecule is C[C@@H]1CN(S(=O)(=O)N2C[C@@H](C)O[C@@H](C)C2)[C@@H](C)CO1. The van der Waals surface area contributed by atoms with Crippen LogP contribution in [0.2, 0.25) is 0 Å². The van der Waals surface area contributed by atoms with E-state index in [4.69, 9.17) is 9.47 Å². The first-order valence-electron chi connectivity index (χ1n) is 6.84. The molecular weight excluding hydrogens is 268 g/mol. The first-order chi connectivity index (χ1) is 8.80. The fourth-order valence-electron chi connectivity index (χ4n) is 2.66. The molecule has 0 saturated carbocycles. The zero-order chi connectivity index (χ0) is 14.2. The Kier molecular flexibility index (Phi) is 4.52. The smallest absolute Gasteiger partial charge is 0.282 e. The van der Waals surface area contributed by atoms with Gasteiger partial charge in [-0.2, -0.15) is 17.0 Å². The highest BCUT2D eigenvalue weighted by atomic mass is 32.2. The van der Waals surface area contributed by atoms with E-state index in [1.165, 1.54) is 0 Å². The normalized spacial score (nSPS) is 39.4. The van der Waals surface area contributed by atoms with Crippen LogP contribution in [0.3, 0.4) is 0 Å². The summed E-state index contributed by atoms with van der Waals surface area (Å²) >= 11 is 0. The Morgan fingerprint density at radius 1 is 0.947 bits per heavy atom. The van der Waals surface area contributed by atoms with Crippen LogP contribution in [0.25, 0.3) is 0 Å². The maximum absolute atomic E-state index is 12.7. The highest BCUT2D eigenvalue weighted by molar-refractivity contribution is 7.86. The third-order valence-electron chi connectivity index (χ3n) is 3.56. The van der Waals surface area contributed by atoms with E-state index in [2.05, 4.69) is 0 Å². The molecule has 0 spiro atoms. The van der Waals surface area contributed by atoms with Gasteiger partial charge in [-0.05, 0) is 27.7 Å². The lowest BCUT2D eigenvalue weighted by atomic mass is 10.2. The van der Waals surface area contributed by atoms with E-state index in [-0.39, 0.29) is 24.4 Å². The average molecular weight is 292 g/mol. The van der Waals surface area contributed by atoms with E-state index in [9.17, 15) is 8.42 Å². The van der Waals surface area contributed by atoms with Crippen molar-refractivity contribution in [3.8, 4) is 0 Å². The lowest BCUT2D eigenvalue weighted by Crippen LogP contribution is -2.58. The van der Waals surface area contributed by atoms with Gasteiger partial charge < -0.3 is 9.47 Å². The van der Waals surface area contributed by atoms with Crippen molar-refractivity contribution < 1.29 is 17.9 Å². The predicted octanol–water partition coefficient (Wildman–Crippen LogP) is 0.450. The van der Waals surface area contributed by atoms with Crippen molar-refractivity contribution in [2.45, 2.75) is 52.0 Å². The molecule has 2 rings (SSSR count). The van der Waals surface area contributed by atoms with Crippen molar-refractivity contribution in [1.29, 1.82) is 0 Å². The molecule has 0 aromatic heterocycles. The minimum atomic E-state index is -3.43. The van der Waals surface area contributed by atoms with Gasteiger partial charge in [0.15, 0.2) is 0 Å². The summed E-state index contributed by atoms with van der Waals surface area (Å²) in [5, 5.41) is 0. The first-order valence-corrected chi connectivity index (χ1v) is 8.24. The van der Waals surface area contributed by atoms with Crippen molar-refractivity contribution in [2.24, 2.45) is 0 Å². The molecule has 0 radical (unpaired) electrons. The van der Waals surface area contributed by atoms with Gasteiger partial charge in [0, 0.05) is 25.7 Å². The highest BCUT2D eigenvalue weighted by Gasteiger charge is 2.39. The number of morpholine rings is 2. The van der Waals surface area contributed by atoms with Crippen molar-refractivity contribution in [3.63, 3.8) is 0 Å². The zero-order valence-corrected chi connectivity index (χ0v) is 12.9. The van der Waals surface area contributed by atoms with Crippen molar-refractivity contribution in [1.82, 2.24) is 8.61 Å². The van der Waals surface area contributed by atoms with Gasteiger partial charge in [0.25, 0.3) is 10.2 Å². The van der Waals surface area contributed by atoms with Crippen LogP contribution in [-0.4, -0.2) is 67.6 Å². The predicted molar refractivity (Wildman–Crippen MR) is 72.1 cm³/mol. The van der Waals surface area contributed by atoms with Crippen LogP contribution in [-0.2, 0) is 19.7 Å². The molecule has 0 aliphatic carbocycles. The fourth-order valence-corrected chi connectivity index (χ4v) is 4.67. The van der Waals surface area contributed by atoms with Gasteiger partial charge in [-0.3, -0.25) is 0 Å². The lowest BCUT2D eigenvalue weighted by Gasteiger charge is -2.41. The number of hydrogen-bond acceptors (Lipinski definition) is 4. The third kappa shape index (κ3) is 3.28. The molecule has 0 N–H and O–H groups in total. The lowest BCUT2D eigenvalue weighted by molar-refractivity contribution is -0.0507. The molecule has 6 nitrogen and oxygen atoms in total. The molecule has 2 heterocycles. The first kappa shape index (κ1) is 15.2. The van der Waals surface area contributed by atoms with Gasteiger partial charge in [-0.1, -0.05) is 0 Å². The van der Waals surface area contributed by atoms with Crippen molar-refractivity contribution in [3.05, 3.63) is 0 Å². The fraction of sp³-hybridized carbons (Fsp3) is 1.00. The Bertz CT molecular complexity index is 404. The molecule has 0 aromatic carbocycles. The van der Waals surface area contributed by atoms with E-state index < -0.39 is 10.2 Å². The van der Waals surface area contributed by atoms with Gasteiger partial charge in [0.1, 0.15) is 0 Å². The summed E-state index contributed by atoms with van der Waals surface area (Å²) in [7, 11) is -3.43. The van der Waals surface area contributed by atoms with Gasteiger partial charge in [-0.15, -0.1) is 0 Å². The van der Waals surface area contributed by atoms with Gasteiger partial charge in [0.05, 0.1) is 24.9 Å². The Labute approximate surface area is 115 Å². The molecule has 2 aliphatic rings. The molecule has 0 unspecified atom stereocenters. The van der Waals surface area contributed by atoms with E-state index in [0.29, 0.717) is 26.2 Å². The van der Waals surface area contributed by atoms with Crippen LogP contribution in [0.1, 0.15) is 27.7 Å². The Balaban J connectivity index is 2.16. The molecule has 2 saturated heterocycles. The molecule has 0 aromatic rings. The molecule has 0 amide bonds. The number of nitrogens with zero attached hydrogens (tertiary/aromatic N) is 2. The van der Waals surface area contributed by atoms with Crippen LogP contribution in [0.15, 0.2) is 0 Å². The standard InChI is InChI=1S/C12H24N2O4S/c1-9-8-17-10(2)7-14(9)19(15,16)13-5-11(3)18-12(4)6-13/h9-12H,5-8H2,1-4H3/t9-,10+,11-,12+/m0/s1. The maximum Gasteiger partial charge on any atom is 0.282 e. The Hall–Kier alpha value is -0.210. The minimum absolute atomic E-state index is 0.0538. The molecule has 112 valence electrons. The van der Waals surface area contributed by atoms with Crippen LogP contribution in [0, 0.1) is 0 Å². The molecule has 7 heteroatoms. The number of rotatable bonds is 2. The number of hydrogen-bond donors (Lipinski definition) is 0.